The van der Waals surface area contributed by atoms with Gasteiger partial charge in [-0.05, 0) is 30.7 Å². The largest absolute Gasteiger partial charge is 0.326 e. The number of carbonyl (C=O) groups is 1. The third-order valence-electron chi connectivity index (χ3n) is 4.79. The molecule has 26 heavy (non-hydrogen) atoms. The van der Waals surface area contributed by atoms with E-state index in [1.165, 1.54) is 6.07 Å². The highest BCUT2D eigenvalue weighted by Crippen LogP contribution is 2.28. The zero-order valence-corrected chi connectivity index (χ0v) is 15.5. The van der Waals surface area contributed by atoms with Crippen molar-refractivity contribution in [3.63, 3.8) is 0 Å². The van der Waals surface area contributed by atoms with Crippen LogP contribution >= 0.6 is 11.6 Å². The van der Waals surface area contributed by atoms with Crippen molar-refractivity contribution < 1.29 is 9.18 Å². The highest BCUT2D eigenvalue weighted by Gasteiger charge is 2.25. The van der Waals surface area contributed by atoms with E-state index in [1.807, 2.05) is 24.3 Å². The van der Waals surface area contributed by atoms with Crippen molar-refractivity contribution in [2.75, 3.05) is 31.5 Å². The Morgan fingerprint density at radius 1 is 1.31 bits per heavy atom. The average Bonchev–Trinajstić information content (AvgIpc) is 2.65. The zero-order chi connectivity index (χ0) is 18.5. The minimum absolute atomic E-state index is 0.116. The fourth-order valence-corrected chi connectivity index (χ4v) is 3.53. The van der Waals surface area contributed by atoms with Crippen LogP contribution < -0.4 is 10.6 Å². The van der Waals surface area contributed by atoms with Crippen LogP contribution in [0.4, 0.5) is 10.1 Å². The van der Waals surface area contributed by atoms with Gasteiger partial charge in [0.15, 0.2) is 0 Å². The van der Waals surface area contributed by atoms with E-state index in [1.54, 1.807) is 19.1 Å². The second-order valence-corrected chi connectivity index (χ2v) is 6.90. The smallest absolute Gasteiger partial charge is 0.225 e. The van der Waals surface area contributed by atoms with Crippen LogP contribution in [0.1, 0.15) is 23.6 Å². The van der Waals surface area contributed by atoms with Gasteiger partial charge < -0.3 is 10.6 Å². The minimum atomic E-state index is -0.316. The van der Waals surface area contributed by atoms with Crippen LogP contribution in [0.15, 0.2) is 42.5 Å². The Kier molecular flexibility index (Phi) is 6.25. The lowest BCUT2D eigenvalue weighted by Crippen LogP contribution is -2.46. The van der Waals surface area contributed by atoms with Gasteiger partial charge in [0.25, 0.3) is 0 Å². The van der Waals surface area contributed by atoms with E-state index in [-0.39, 0.29) is 17.8 Å². The van der Waals surface area contributed by atoms with Crippen molar-refractivity contribution in [3.05, 3.63) is 64.4 Å². The van der Waals surface area contributed by atoms with Crippen molar-refractivity contribution in [3.8, 4) is 0 Å². The molecule has 2 aromatic rings. The van der Waals surface area contributed by atoms with E-state index >= 15 is 0 Å². The van der Waals surface area contributed by atoms with E-state index < -0.39 is 0 Å². The first-order valence-electron chi connectivity index (χ1n) is 8.80. The first-order valence-corrected chi connectivity index (χ1v) is 9.18. The molecule has 1 unspecified atom stereocenters. The van der Waals surface area contributed by atoms with Gasteiger partial charge in [-0.1, -0.05) is 35.9 Å². The second kappa shape index (κ2) is 8.62. The second-order valence-electron chi connectivity index (χ2n) is 6.49. The number of hydrogen-bond donors (Lipinski definition) is 2. The van der Waals surface area contributed by atoms with Gasteiger partial charge in [0.2, 0.25) is 5.91 Å². The molecule has 0 aromatic heterocycles. The van der Waals surface area contributed by atoms with Crippen LogP contribution in [0.5, 0.6) is 0 Å². The predicted molar refractivity (Wildman–Crippen MR) is 103 cm³/mol. The molecule has 1 aliphatic heterocycles. The minimum Gasteiger partial charge on any atom is -0.326 e. The molecule has 1 heterocycles. The lowest BCUT2D eigenvalue weighted by molar-refractivity contribution is -0.116. The van der Waals surface area contributed by atoms with Gasteiger partial charge in [0.05, 0.1) is 0 Å². The molecular weight excluding hydrogens is 353 g/mol. The molecule has 1 fully saturated rings. The quantitative estimate of drug-likeness (QED) is 0.836. The summed E-state index contributed by atoms with van der Waals surface area (Å²) in [6, 6.07) is 12.7. The lowest BCUT2D eigenvalue weighted by atomic mass is 10.0. The van der Waals surface area contributed by atoms with Crippen molar-refractivity contribution >= 4 is 23.2 Å². The van der Waals surface area contributed by atoms with E-state index in [2.05, 4.69) is 15.5 Å². The van der Waals surface area contributed by atoms with E-state index in [4.69, 9.17) is 11.6 Å². The third-order valence-corrected chi connectivity index (χ3v) is 5.13. The molecule has 2 N–H and O–H groups in total. The van der Waals surface area contributed by atoms with E-state index in [0.717, 1.165) is 30.2 Å². The molecule has 2 aromatic carbocycles. The van der Waals surface area contributed by atoms with Gasteiger partial charge >= 0.3 is 0 Å². The maximum atomic E-state index is 13.6. The average molecular weight is 376 g/mol. The summed E-state index contributed by atoms with van der Waals surface area (Å²) in [7, 11) is 0. The number of anilines is 1. The maximum absolute atomic E-state index is 13.6. The SMILES string of the molecule is Cc1c(F)cccc1NC(=O)CCN1CCNCC1c1ccccc1Cl. The number of nitrogens with zero attached hydrogens (tertiary/aromatic N) is 1. The summed E-state index contributed by atoms with van der Waals surface area (Å²) in [5.41, 5.74) is 2.05. The van der Waals surface area contributed by atoms with Gasteiger partial charge in [-0.3, -0.25) is 9.69 Å². The number of hydrogen-bond acceptors (Lipinski definition) is 3. The highest BCUT2D eigenvalue weighted by molar-refractivity contribution is 6.31. The molecule has 0 bridgehead atoms. The molecule has 1 atom stereocenters. The number of halogens is 2. The fourth-order valence-electron chi connectivity index (χ4n) is 3.27. The third kappa shape index (κ3) is 4.41. The molecular formula is C20H23ClFN3O. The summed E-state index contributed by atoms with van der Waals surface area (Å²) in [6.07, 6.45) is 0.344. The molecule has 1 amide bonds. The Morgan fingerprint density at radius 3 is 2.92 bits per heavy atom. The summed E-state index contributed by atoms with van der Waals surface area (Å²) in [5, 5.41) is 6.94. The first-order chi connectivity index (χ1) is 12.6. The van der Waals surface area contributed by atoms with Crippen molar-refractivity contribution in [1.82, 2.24) is 10.2 Å². The number of piperazine rings is 1. The summed E-state index contributed by atoms with van der Waals surface area (Å²) in [6.45, 7) is 4.81. The van der Waals surface area contributed by atoms with Crippen LogP contribution in [-0.2, 0) is 4.79 Å². The Hall–Kier alpha value is -1.95. The Balaban J connectivity index is 1.63. The molecule has 0 saturated carbocycles. The summed E-state index contributed by atoms with van der Waals surface area (Å²) >= 11 is 6.36. The van der Waals surface area contributed by atoms with Gasteiger partial charge in [0, 0.05) is 54.9 Å². The topological polar surface area (TPSA) is 44.4 Å². The number of carbonyl (C=O) groups excluding carboxylic acids is 1. The van der Waals surface area contributed by atoms with Crippen LogP contribution in [0.3, 0.4) is 0 Å². The Bertz CT molecular complexity index is 783. The van der Waals surface area contributed by atoms with Gasteiger partial charge in [-0.25, -0.2) is 4.39 Å². The fraction of sp³-hybridized carbons (Fsp3) is 0.350. The maximum Gasteiger partial charge on any atom is 0.225 e. The van der Waals surface area contributed by atoms with E-state index in [9.17, 15) is 9.18 Å². The van der Waals surface area contributed by atoms with Gasteiger partial charge in [0.1, 0.15) is 5.82 Å². The summed E-state index contributed by atoms with van der Waals surface area (Å²) < 4.78 is 13.6. The van der Waals surface area contributed by atoms with Gasteiger partial charge in [-0.15, -0.1) is 0 Å². The molecule has 4 nitrogen and oxygen atoms in total. The molecule has 3 rings (SSSR count). The standard InChI is InChI=1S/C20H23ClFN3O/c1-14-17(22)7-4-8-18(14)24-20(26)9-11-25-12-10-23-13-19(25)15-5-2-3-6-16(15)21/h2-8,19,23H,9-13H2,1H3,(H,24,26). The van der Waals surface area contributed by atoms with Crippen LogP contribution in [0.25, 0.3) is 0 Å². The molecule has 1 saturated heterocycles. The predicted octanol–water partition coefficient (Wildman–Crippen LogP) is 3.76. The number of benzene rings is 2. The molecule has 138 valence electrons. The Morgan fingerprint density at radius 2 is 2.12 bits per heavy atom. The molecule has 0 spiro atoms. The van der Waals surface area contributed by atoms with E-state index in [0.29, 0.717) is 24.2 Å². The molecule has 1 aliphatic rings. The monoisotopic (exact) mass is 375 g/mol. The first kappa shape index (κ1) is 18.8. The van der Waals surface area contributed by atoms with Gasteiger partial charge in [-0.2, -0.15) is 0 Å². The highest BCUT2D eigenvalue weighted by atomic mass is 35.5. The van der Waals surface area contributed by atoms with Crippen molar-refractivity contribution in [2.24, 2.45) is 0 Å². The van der Waals surface area contributed by atoms with Crippen LogP contribution in [0, 0.1) is 12.7 Å². The van der Waals surface area contributed by atoms with Crippen molar-refractivity contribution in [1.29, 1.82) is 0 Å². The van der Waals surface area contributed by atoms with Crippen LogP contribution in [-0.4, -0.2) is 37.0 Å². The number of amides is 1. The Labute approximate surface area is 158 Å². The summed E-state index contributed by atoms with van der Waals surface area (Å²) in [5.74, 6) is -0.432. The summed E-state index contributed by atoms with van der Waals surface area (Å²) in [4.78, 5) is 14.6. The van der Waals surface area contributed by atoms with Crippen molar-refractivity contribution in [2.45, 2.75) is 19.4 Å². The number of rotatable bonds is 5. The zero-order valence-electron chi connectivity index (χ0n) is 14.8. The molecule has 6 heteroatoms. The molecule has 0 radical (unpaired) electrons. The normalized spacial score (nSPS) is 17.9. The number of nitrogens with one attached hydrogen (secondary N) is 2. The molecule has 0 aliphatic carbocycles. The van der Waals surface area contributed by atoms with Crippen LogP contribution in [0.2, 0.25) is 5.02 Å². The lowest BCUT2D eigenvalue weighted by Gasteiger charge is -2.36.